The van der Waals surface area contributed by atoms with Crippen LogP contribution in [0.1, 0.15) is 50.7 Å². The van der Waals surface area contributed by atoms with E-state index >= 15 is 0 Å². The third kappa shape index (κ3) is 6.50. The fourth-order valence-corrected chi connectivity index (χ4v) is 3.84. The Hall–Kier alpha value is -1.60. The van der Waals surface area contributed by atoms with E-state index in [0.29, 0.717) is 25.6 Å². The van der Waals surface area contributed by atoms with Crippen LogP contribution in [0.15, 0.2) is 18.2 Å². The van der Waals surface area contributed by atoms with Gasteiger partial charge in [0, 0.05) is 19.6 Å². The van der Waals surface area contributed by atoms with Crippen molar-refractivity contribution in [3.63, 3.8) is 0 Å². The lowest BCUT2D eigenvalue weighted by Crippen LogP contribution is -2.47. The quantitative estimate of drug-likeness (QED) is 0.769. The molecule has 1 heterocycles. The number of carbonyl (C=O) groups excluding carboxylic acids is 1. The molecule has 2 rings (SSSR count). The lowest BCUT2D eigenvalue weighted by molar-refractivity contribution is -0.139. The molecule has 1 N–H and O–H groups in total. The molecule has 0 aromatic heterocycles. The van der Waals surface area contributed by atoms with E-state index in [1.165, 1.54) is 5.56 Å². The second kappa shape index (κ2) is 9.06. The monoisotopic (exact) mass is 396 g/mol. The third-order valence-corrected chi connectivity index (χ3v) is 5.69. The van der Waals surface area contributed by atoms with Gasteiger partial charge in [-0.3, -0.25) is 4.79 Å². The number of ether oxygens (including phenoxy) is 1. The summed E-state index contributed by atoms with van der Waals surface area (Å²) >= 11 is 0. The molecule has 7 heteroatoms. The van der Waals surface area contributed by atoms with Crippen molar-refractivity contribution in [3.05, 3.63) is 29.3 Å². The Kier molecular flexibility index (Phi) is 7.28. The molecule has 0 saturated carbocycles. The summed E-state index contributed by atoms with van der Waals surface area (Å²) in [7, 11) is -3.21. The van der Waals surface area contributed by atoms with Crippen LogP contribution >= 0.6 is 0 Å². The molecule has 0 spiro atoms. The topological polar surface area (TPSA) is 75.7 Å². The van der Waals surface area contributed by atoms with Gasteiger partial charge < -0.3 is 9.64 Å². The number of hydrogen-bond acceptors (Lipinski definition) is 4. The number of aryl methyl sites for hydroxylation is 1. The highest BCUT2D eigenvalue weighted by molar-refractivity contribution is 7.88. The Morgan fingerprint density at radius 3 is 2.67 bits per heavy atom. The van der Waals surface area contributed by atoms with E-state index in [0.717, 1.165) is 30.4 Å². The Morgan fingerprint density at radius 1 is 1.33 bits per heavy atom. The third-order valence-electron chi connectivity index (χ3n) is 5.00. The van der Waals surface area contributed by atoms with Crippen LogP contribution in [-0.2, 0) is 14.8 Å². The van der Waals surface area contributed by atoms with Gasteiger partial charge in [-0.25, -0.2) is 13.1 Å². The van der Waals surface area contributed by atoms with Crippen molar-refractivity contribution in [2.24, 2.45) is 5.92 Å². The maximum atomic E-state index is 12.8. The molecule has 1 amide bonds. The van der Waals surface area contributed by atoms with Gasteiger partial charge in [0.25, 0.3) is 5.91 Å². The van der Waals surface area contributed by atoms with Gasteiger partial charge in [0.05, 0.1) is 6.26 Å². The maximum Gasteiger partial charge on any atom is 0.263 e. The van der Waals surface area contributed by atoms with E-state index in [4.69, 9.17) is 4.74 Å². The van der Waals surface area contributed by atoms with Gasteiger partial charge in [0.2, 0.25) is 10.0 Å². The zero-order valence-electron chi connectivity index (χ0n) is 17.0. The zero-order chi connectivity index (χ0) is 20.2. The van der Waals surface area contributed by atoms with E-state index in [-0.39, 0.29) is 11.8 Å². The first-order chi connectivity index (χ1) is 12.6. The van der Waals surface area contributed by atoms with Crippen LogP contribution < -0.4 is 9.46 Å². The van der Waals surface area contributed by atoms with Crippen LogP contribution in [0.25, 0.3) is 0 Å². The second-order valence-corrected chi connectivity index (χ2v) is 9.69. The predicted octanol–water partition coefficient (Wildman–Crippen LogP) is 2.67. The first kappa shape index (κ1) is 21.7. The summed E-state index contributed by atoms with van der Waals surface area (Å²) < 4.78 is 31.1. The smallest absolute Gasteiger partial charge is 0.263 e. The number of rotatable bonds is 7. The minimum absolute atomic E-state index is 0.0478. The number of likely N-dealkylation sites (tertiary alicyclic amines) is 1. The molecule has 0 bridgehead atoms. The van der Waals surface area contributed by atoms with Gasteiger partial charge in [-0.05, 0) is 55.7 Å². The highest BCUT2D eigenvalue weighted by Gasteiger charge is 2.28. The van der Waals surface area contributed by atoms with Crippen molar-refractivity contribution in [1.82, 2.24) is 9.62 Å². The largest absolute Gasteiger partial charge is 0.481 e. The number of sulfonamides is 1. The lowest BCUT2D eigenvalue weighted by Gasteiger charge is -2.34. The summed E-state index contributed by atoms with van der Waals surface area (Å²) in [5, 5.41) is 0. The van der Waals surface area contributed by atoms with Crippen molar-refractivity contribution >= 4 is 15.9 Å². The van der Waals surface area contributed by atoms with E-state index in [1.54, 1.807) is 11.8 Å². The number of benzene rings is 1. The van der Waals surface area contributed by atoms with Gasteiger partial charge in [0.15, 0.2) is 6.10 Å². The summed E-state index contributed by atoms with van der Waals surface area (Å²) in [5.74, 6) is 1.22. The second-order valence-electron chi connectivity index (χ2n) is 7.85. The standard InChI is InChI=1S/C20H32N2O4S/c1-14(2)18-9-8-15(3)19(11-18)26-16(4)20(23)22-10-6-7-17(13-22)12-21-27(5,24)25/h8-9,11,14,16-17,21H,6-7,10,12-13H2,1-5H3. The fourth-order valence-electron chi connectivity index (χ4n) is 3.30. The summed E-state index contributed by atoms with van der Waals surface area (Å²) in [5.41, 5.74) is 2.19. The van der Waals surface area contributed by atoms with Gasteiger partial charge in [0.1, 0.15) is 5.75 Å². The zero-order valence-corrected chi connectivity index (χ0v) is 17.8. The predicted molar refractivity (Wildman–Crippen MR) is 108 cm³/mol. The number of hydrogen-bond donors (Lipinski definition) is 1. The highest BCUT2D eigenvalue weighted by Crippen LogP contribution is 2.26. The molecule has 1 aliphatic heterocycles. The Bertz CT molecular complexity index is 761. The van der Waals surface area contributed by atoms with Crippen molar-refractivity contribution in [1.29, 1.82) is 0 Å². The Morgan fingerprint density at radius 2 is 2.04 bits per heavy atom. The van der Waals surface area contributed by atoms with Crippen molar-refractivity contribution in [2.75, 3.05) is 25.9 Å². The van der Waals surface area contributed by atoms with Crippen LogP contribution in [0, 0.1) is 12.8 Å². The van der Waals surface area contributed by atoms with Crippen molar-refractivity contribution in [2.45, 2.75) is 52.6 Å². The summed E-state index contributed by atoms with van der Waals surface area (Å²) in [6, 6.07) is 6.12. The average Bonchev–Trinajstić information content (AvgIpc) is 2.60. The first-order valence-electron chi connectivity index (χ1n) is 9.57. The summed E-state index contributed by atoms with van der Waals surface area (Å²) in [6.45, 7) is 9.62. The molecular weight excluding hydrogens is 364 g/mol. The minimum Gasteiger partial charge on any atom is -0.481 e. The van der Waals surface area contributed by atoms with E-state index in [2.05, 4.69) is 24.6 Å². The molecule has 1 aromatic carbocycles. The van der Waals surface area contributed by atoms with E-state index < -0.39 is 16.1 Å². The molecule has 2 unspecified atom stereocenters. The molecule has 1 fully saturated rings. The highest BCUT2D eigenvalue weighted by atomic mass is 32.2. The van der Waals surface area contributed by atoms with Crippen LogP contribution in [0.3, 0.4) is 0 Å². The van der Waals surface area contributed by atoms with Gasteiger partial charge in [-0.1, -0.05) is 26.0 Å². The van der Waals surface area contributed by atoms with Crippen LogP contribution in [0.5, 0.6) is 5.75 Å². The number of carbonyl (C=O) groups is 1. The average molecular weight is 397 g/mol. The molecule has 0 aliphatic carbocycles. The summed E-state index contributed by atoms with van der Waals surface area (Å²) in [6.07, 6.45) is 2.36. The molecule has 1 aromatic rings. The first-order valence-corrected chi connectivity index (χ1v) is 11.5. The molecule has 1 aliphatic rings. The molecule has 2 atom stereocenters. The SMILES string of the molecule is Cc1ccc(C(C)C)cc1OC(C)C(=O)N1CCCC(CNS(C)(=O)=O)C1. The van der Waals surface area contributed by atoms with Crippen LogP contribution in [0.4, 0.5) is 0 Å². The van der Waals surface area contributed by atoms with E-state index in [9.17, 15) is 13.2 Å². The van der Waals surface area contributed by atoms with Crippen LogP contribution in [-0.4, -0.2) is 51.2 Å². The molecule has 6 nitrogen and oxygen atoms in total. The maximum absolute atomic E-state index is 12.8. The van der Waals surface area contributed by atoms with Crippen molar-refractivity contribution < 1.29 is 17.9 Å². The fraction of sp³-hybridized carbons (Fsp3) is 0.650. The molecule has 152 valence electrons. The molecular formula is C20H32N2O4S. The molecule has 27 heavy (non-hydrogen) atoms. The number of amides is 1. The lowest BCUT2D eigenvalue weighted by atomic mass is 9.98. The number of nitrogens with one attached hydrogen (secondary N) is 1. The van der Waals surface area contributed by atoms with Gasteiger partial charge in [-0.15, -0.1) is 0 Å². The Labute approximate surface area is 163 Å². The Balaban J connectivity index is 1.99. The van der Waals surface area contributed by atoms with Crippen molar-refractivity contribution in [3.8, 4) is 5.75 Å². The minimum atomic E-state index is -3.21. The van der Waals surface area contributed by atoms with Crippen LogP contribution in [0.2, 0.25) is 0 Å². The molecule has 1 saturated heterocycles. The number of piperidine rings is 1. The van der Waals surface area contributed by atoms with Gasteiger partial charge >= 0.3 is 0 Å². The summed E-state index contributed by atoms with van der Waals surface area (Å²) in [4.78, 5) is 14.6. The van der Waals surface area contributed by atoms with E-state index in [1.807, 2.05) is 19.1 Å². The number of nitrogens with zero attached hydrogens (tertiary/aromatic N) is 1. The van der Waals surface area contributed by atoms with Gasteiger partial charge in [-0.2, -0.15) is 0 Å². The molecule has 0 radical (unpaired) electrons. The normalized spacial score (nSPS) is 19.2.